The van der Waals surface area contributed by atoms with Crippen LogP contribution in [0.3, 0.4) is 0 Å². The molecule has 1 aliphatic rings. The van der Waals surface area contributed by atoms with Gasteiger partial charge in [-0.3, -0.25) is 9.69 Å². The Bertz CT molecular complexity index is 412. The van der Waals surface area contributed by atoms with Crippen molar-refractivity contribution in [1.29, 1.82) is 0 Å². The lowest BCUT2D eigenvalue weighted by atomic mass is 10.0. The van der Waals surface area contributed by atoms with E-state index in [9.17, 15) is 4.79 Å². The molecule has 0 aliphatic carbocycles. The summed E-state index contributed by atoms with van der Waals surface area (Å²) in [5.41, 5.74) is 0.761. The molecule has 1 aromatic rings. The Morgan fingerprint density at radius 2 is 2.11 bits per heavy atom. The zero-order chi connectivity index (χ0) is 13.1. The van der Waals surface area contributed by atoms with Crippen molar-refractivity contribution in [3.05, 3.63) is 34.3 Å². The van der Waals surface area contributed by atoms with Crippen molar-refractivity contribution in [2.75, 3.05) is 20.3 Å². The summed E-state index contributed by atoms with van der Waals surface area (Å²) in [6.45, 7) is 3.49. The molecule has 1 aliphatic heterocycles. The molecule has 2 rings (SSSR count). The smallest absolute Gasteiger partial charge is 0.179 e. The van der Waals surface area contributed by atoms with Crippen LogP contribution in [-0.2, 0) is 4.74 Å². The maximum absolute atomic E-state index is 12.4. The number of carbonyl (C=O) groups is 1. The second kappa shape index (κ2) is 5.95. The summed E-state index contributed by atoms with van der Waals surface area (Å²) in [6.07, 6.45) is 1.01. The third kappa shape index (κ3) is 2.99. The summed E-state index contributed by atoms with van der Waals surface area (Å²) < 4.78 is 6.36. The van der Waals surface area contributed by atoms with Crippen LogP contribution in [0, 0.1) is 0 Å². The number of rotatable bonds is 4. The van der Waals surface area contributed by atoms with E-state index in [2.05, 4.69) is 20.8 Å². The van der Waals surface area contributed by atoms with E-state index in [-0.39, 0.29) is 11.8 Å². The SMILES string of the molecule is CC(C(=O)c1ccc(Br)cc1)N(C)C1CCOC1. The highest BCUT2D eigenvalue weighted by molar-refractivity contribution is 9.10. The lowest BCUT2D eigenvalue weighted by Crippen LogP contribution is -2.43. The van der Waals surface area contributed by atoms with Crippen molar-refractivity contribution >= 4 is 21.7 Å². The number of Topliss-reactive ketones (excluding diaryl/α,β-unsaturated/α-hetero) is 1. The molecule has 3 nitrogen and oxygen atoms in total. The van der Waals surface area contributed by atoms with Gasteiger partial charge in [0.15, 0.2) is 5.78 Å². The molecular weight excluding hydrogens is 294 g/mol. The number of ketones is 1. The first-order chi connectivity index (χ1) is 8.59. The molecule has 1 aromatic carbocycles. The number of hydrogen-bond acceptors (Lipinski definition) is 3. The van der Waals surface area contributed by atoms with Crippen LogP contribution in [0.5, 0.6) is 0 Å². The van der Waals surface area contributed by atoms with Gasteiger partial charge in [0.2, 0.25) is 0 Å². The first kappa shape index (κ1) is 13.7. The highest BCUT2D eigenvalue weighted by atomic mass is 79.9. The number of benzene rings is 1. The average Bonchev–Trinajstić information content (AvgIpc) is 2.91. The molecule has 1 fully saturated rings. The predicted octanol–water partition coefficient (Wildman–Crippen LogP) is 2.74. The number of hydrogen-bond donors (Lipinski definition) is 0. The fourth-order valence-electron chi connectivity index (χ4n) is 2.20. The number of likely N-dealkylation sites (N-methyl/N-ethyl adjacent to an activating group) is 1. The van der Waals surface area contributed by atoms with Gasteiger partial charge in [-0.15, -0.1) is 0 Å². The van der Waals surface area contributed by atoms with Gasteiger partial charge in [-0.2, -0.15) is 0 Å². The molecule has 2 unspecified atom stereocenters. The molecule has 98 valence electrons. The fourth-order valence-corrected chi connectivity index (χ4v) is 2.46. The average molecular weight is 312 g/mol. The van der Waals surface area contributed by atoms with E-state index >= 15 is 0 Å². The normalized spacial score (nSPS) is 21.2. The van der Waals surface area contributed by atoms with E-state index < -0.39 is 0 Å². The van der Waals surface area contributed by atoms with Crippen LogP contribution in [0.2, 0.25) is 0 Å². The lowest BCUT2D eigenvalue weighted by molar-refractivity contribution is 0.0795. The maximum Gasteiger partial charge on any atom is 0.179 e. The highest BCUT2D eigenvalue weighted by Gasteiger charge is 2.28. The van der Waals surface area contributed by atoms with Gasteiger partial charge >= 0.3 is 0 Å². The molecule has 0 aromatic heterocycles. The Morgan fingerprint density at radius 3 is 2.67 bits per heavy atom. The zero-order valence-electron chi connectivity index (χ0n) is 10.7. The van der Waals surface area contributed by atoms with Crippen LogP contribution in [-0.4, -0.2) is 43.0 Å². The number of ether oxygens (including phenoxy) is 1. The third-order valence-corrected chi connectivity index (χ3v) is 4.13. The first-order valence-corrected chi connectivity index (χ1v) is 6.98. The minimum absolute atomic E-state index is 0.113. The molecule has 0 amide bonds. The largest absolute Gasteiger partial charge is 0.380 e. The van der Waals surface area contributed by atoms with E-state index in [1.54, 1.807) is 0 Å². The highest BCUT2D eigenvalue weighted by Crippen LogP contribution is 2.17. The minimum Gasteiger partial charge on any atom is -0.380 e. The summed E-state index contributed by atoms with van der Waals surface area (Å²) in [5.74, 6) is 0.164. The number of halogens is 1. The van der Waals surface area contributed by atoms with Crippen molar-refractivity contribution < 1.29 is 9.53 Å². The molecule has 4 heteroatoms. The van der Waals surface area contributed by atoms with E-state index in [0.29, 0.717) is 6.04 Å². The van der Waals surface area contributed by atoms with Gasteiger partial charge in [0.25, 0.3) is 0 Å². The summed E-state index contributed by atoms with van der Waals surface area (Å²) in [7, 11) is 2.00. The molecular formula is C14H18BrNO2. The van der Waals surface area contributed by atoms with Gasteiger partial charge < -0.3 is 4.74 Å². The van der Waals surface area contributed by atoms with Crippen molar-refractivity contribution in [3.8, 4) is 0 Å². The van der Waals surface area contributed by atoms with Gasteiger partial charge in [-0.25, -0.2) is 0 Å². The van der Waals surface area contributed by atoms with Crippen LogP contribution in [0.15, 0.2) is 28.7 Å². The Morgan fingerprint density at radius 1 is 1.44 bits per heavy atom. The van der Waals surface area contributed by atoms with Crippen LogP contribution in [0.25, 0.3) is 0 Å². The van der Waals surface area contributed by atoms with Crippen LogP contribution < -0.4 is 0 Å². The predicted molar refractivity (Wildman–Crippen MR) is 74.9 cm³/mol. The number of nitrogens with zero attached hydrogens (tertiary/aromatic N) is 1. The lowest BCUT2D eigenvalue weighted by Gasteiger charge is -2.28. The fraction of sp³-hybridized carbons (Fsp3) is 0.500. The standard InChI is InChI=1S/C14H18BrNO2/c1-10(16(2)13-7-8-18-9-13)14(17)11-3-5-12(15)6-4-11/h3-6,10,13H,7-9H2,1-2H3. The van der Waals surface area contributed by atoms with Gasteiger partial charge in [0.05, 0.1) is 12.6 Å². The van der Waals surface area contributed by atoms with Gasteiger partial charge in [0, 0.05) is 22.7 Å². The van der Waals surface area contributed by atoms with Gasteiger partial charge in [-0.1, -0.05) is 28.1 Å². The second-order valence-electron chi connectivity index (χ2n) is 4.73. The van der Waals surface area contributed by atoms with E-state index in [1.165, 1.54) is 0 Å². The third-order valence-electron chi connectivity index (χ3n) is 3.60. The van der Waals surface area contributed by atoms with Crippen molar-refractivity contribution in [1.82, 2.24) is 4.90 Å². The maximum atomic E-state index is 12.4. The molecule has 18 heavy (non-hydrogen) atoms. The van der Waals surface area contributed by atoms with Crippen LogP contribution >= 0.6 is 15.9 Å². The summed E-state index contributed by atoms with van der Waals surface area (Å²) >= 11 is 3.38. The Kier molecular flexibility index (Phi) is 4.54. The molecule has 0 N–H and O–H groups in total. The molecule has 1 heterocycles. The molecule has 0 saturated carbocycles. The Balaban J connectivity index is 2.05. The Labute approximate surface area is 116 Å². The first-order valence-electron chi connectivity index (χ1n) is 6.19. The minimum atomic E-state index is -0.113. The van der Waals surface area contributed by atoms with Crippen molar-refractivity contribution in [2.45, 2.75) is 25.4 Å². The van der Waals surface area contributed by atoms with Gasteiger partial charge in [0.1, 0.15) is 0 Å². The second-order valence-corrected chi connectivity index (χ2v) is 5.65. The van der Waals surface area contributed by atoms with Crippen molar-refractivity contribution in [3.63, 3.8) is 0 Å². The monoisotopic (exact) mass is 311 g/mol. The van der Waals surface area contributed by atoms with Crippen molar-refractivity contribution in [2.24, 2.45) is 0 Å². The topological polar surface area (TPSA) is 29.5 Å². The molecule has 1 saturated heterocycles. The Hall–Kier alpha value is -0.710. The molecule has 2 atom stereocenters. The summed E-state index contributed by atoms with van der Waals surface area (Å²) in [6, 6.07) is 7.78. The van der Waals surface area contributed by atoms with E-state index in [0.717, 1.165) is 29.7 Å². The van der Waals surface area contributed by atoms with Gasteiger partial charge in [-0.05, 0) is 32.5 Å². The zero-order valence-corrected chi connectivity index (χ0v) is 12.3. The summed E-state index contributed by atoms with van der Waals surface area (Å²) in [4.78, 5) is 14.5. The summed E-state index contributed by atoms with van der Waals surface area (Å²) in [5, 5.41) is 0. The quantitative estimate of drug-likeness (QED) is 0.801. The molecule has 0 bridgehead atoms. The molecule has 0 radical (unpaired) electrons. The van der Waals surface area contributed by atoms with E-state index in [1.807, 2.05) is 38.2 Å². The van der Waals surface area contributed by atoms with Crippen LogP contribution in [0.4, 0.5) is 0 Å². The number of carbonyl (C=O) groups excluding carboxylic acids is 1. The van der Waals surface area contributed by atoms with Crippen LogP contribution in [0.1, 0.15) is 23.7 Å². The van der Waals surface area contributed by atoms with E-state index in [4.69, 9.17) is 4.74 Å². The molecule has 0 spiro atoms.